The van der Waals surface area contributed by atoms with Gasteiger partial charge in [-0.25, -0.2) is 0 Å². The third-order valence-corrected chi connectivity index (χ3v) is 3.00. The third kappa shape index (κ3) is 6.59. The van der Waals surface area contributed by atoms with Gasteiger partial charge < -0.3 is 18.3 Å². The zero-order valence-electron chi connectivity index (χ0n) is 9.23. The third-order valence-electron chi connectivity index (χ3n) is 2.07. The Morgan fingerprint density at radius 3 is 2.93 bits per heavy atom. The van der Waals surface area contributed by atoms with Crippen LogP contribution in [0.5, 0.6) is 0 Å². The molecule has 0 bridgehead atoms. The zero-order chi connectivity index (χ0) is 11.1. The fourth-order valence-corrected chi connectivity index (χ4v) is 1.67. The Labute approximate surface area is 91.6 Å². The van der Waals surface area contributed by atoms with Crippen molar-refractivity contribution in [1.29, 1.82) is 0 Å². The maximum absolute atomic E-state index is 10.9. The molecule has 6 heteroatoms. The first kappa shape index (κ1) is 12.6. The standard InChI is InChI=1S/C9H18O5Si/c1-8(14-15(10)11-2)4-3-5-12-6-9-7-13-9/h8-9H,3-7H2,1-2H3. The smallest absolute Gasteiger partial charge is 0.499 e. The average Bonchev–Trinajstić information content (AvgIpc) is 3.01. The van der Waals surface area contributed by atoms with Gasteiger partial charge in [0.25, 0.3) is 0 Å². The molecule has 1 heterocycles. The first-order valence-electron chi connectivity index (χ1n) is 5.16. The number of ether oxygens (including phenoxy) is 2. The molecule has 0 aromatic rings. The lowest BCUT2D eigenvalue weighted by Gasteiger charge is -2.11. The highest BCUT2D eigenvalue weighted by Crippen LogP contribution is 2.09. The molecule has 1 aliphatic rings. The minimum absolute atomic E-state index is 0.0443. The Balaban J connectivity index is 1.86. The van der Waals surface area contributed by atoms with Crippen LogP contribution in [0, 0.1) is 0 Å². The van der Waals surface area contributed by atoms with Crippen LogP contribution in [0.2, 0.25) is 0 Å². The van der Waals surface area contributed by atoms with Gasteiger partial charge >= 0.3 is 9.17 Å². The number of hydrogen-bond donors (Lipinski definition) is 0. The Bertz CT molecular complexity index is 195. The van der Waals surface area contributed by atoms with Crippen molar-refractivity contribution in [2.45, 2.75) is 32.0 Å². The van der Waals surface area contributed by atoms with Crippen molar-refractivity contribution in [3.63, 3.8) is 0 Å². The molecule has 88 valence electrons. The number of epoxide rings is 1. The van der Waals surface area contributed by atoms with E-state index >= 15 is 0 Å². The Morgan fingerprint density at radius 2 is 2.33 bits per heavy atom. The van der Waals surface area contributed by atoms with Gasteiger partial charge in [-0.05, 0) is 19.8 Å². The first-order chi connectivity index (χ1) is 7.22. The molecule has 2 atom stereocenters. The van der Waals surface area contributed by atoms with Gasteiger partial charge in [0, 0.05) is 6.61 Å². The second kappa shape index (κ2) is 6.92. The summed E-state index contributed by atoms with van der Waals surface area (Å²) in [6.45, 7) is 4.09. The summed E-state index contributed by atoms with van der Waals surface area (Å²) < 4.78 is 30.9. The molecule has 0 aromatic carbocycles. The zero-order valence-corrected chi connectivity index (χ0v) is 10.2. The molecule has 1 aliphatic heterocycles. The van der Waals surface area contributed by atoms with Gasteiger partial charge in [0.1, 0.15) is 6.10 Å². The molecule has 0 spiro atoms. The summed E-state index contributed by atoms with van der Waals surface area (Å²) in [6, 6.07) is 0. The molecule has 0 amide bonds. The Morgan fingerprint density at radius 1 is 1.60 bits per heavy atom. The van der Waals surface area contributed by atoms with E-state index in [0.717, 1.165) is 19.4 Å². The summed E-state index contributed by atoms with van der Waals surface area (Å²) >= 11 is 0. The van der Waals surface area contributed by atoms with Crippen molar-refractivity contribution in [3.8, 4) is 0 Å². The lowest BCUT2D eigenvalue weighted by atomic mass is 10.2. The quantitative estimate of drug-likeness (QED) is 0.333. The highest BCUT2D eigenvalue weighted by molar-refractivity contribution is 6.26. The summed E-state index contributed by atoms with van der Waals surface area (Å²) in [5.74, 6) is 0. The van der Waals surface area contributed by atoms with E-state index in [0.29, 0.717) is 19.3 Å². The molecule has 0 N–H and O–H groups in total. The van der Waals surface area contributed by atoms with E-state index < -0.39 is 9.17 Å². The van der Waals surface area contributed by atoms with Crippen LogP contribution in [0.15, 0.2) is 0 Å². The van der Waals surface area contributed by atoms with Gasteiger partial charge in [0.05, 0.1) is 26.4 Å². The molecule has 5 nitrogen and oxygen atoms in total. The van der Waals surface area contributed by atoms with Crippen molar-refractivity contribution in [2.24, 2.45) is 0 Å². The van der Waals surface area contributed by atoms with Gasteiger partial charge in [-0.15, -0.1) is 0 Å². The minimum atomic E-state index is -2.28. The SMILES string of the molecule is CO[Si](=O)OC(C)CCCOCC1CO1. The maximum Gasteiger partial charge on any atom is 0.767 e. The molecule has 0 saturated carbocycles. The molecule has 1 rings (SSSR count). The van der Waals surface area contributed by atoms with Crippen molar-refractivity contribution in [3.05, 3.63) is 0 Å². The fraction of sp³-hybridized carbons (Fsp3) is 1.00. The van der Waals surface area contributed by atoms with Crippen LogP contribution in [-0.2, 0) is 22.8 Å². The summed E-state index contributed by atoms with van der Waals surface area (Å²) in [6.07, 6.45) is 2.00. The van der Waals surface area contributed by atoms with Gasteiger partial charge in [0.15, 0.2) is 0 Å². The molecule has 1 saturated heterocycles. The van der Waals surface area contributed by atoms with Crippen LogP contribution in [0.4, 0.5) is 0 Å². The van der Waals surface area contributed by atoms with E-state index in [-0.39, 0.29) is 6.10 Å². The Hall–Kier alpha value is -0.463. The second-order valence-electron chi connectivity index (χ2n) is 3.56. The minimum Gasteiger partial charge on any atom is -0.499 e. The van der Waals surface area contributed by atoms with E-state index in [2.05, 4.69) is 4.43 Å². The van der Waals surface area contributed by atoms with Crippen LogP contribution >= 0.6 is 0 Å². The molecule has 1 fully saturated rings. The van der Waals surface area contributed by atoms with Crippen molar-refractivity contribution < 1.29 is 22.8 Å². The van der Waals surface area contributed by atoms with Crippen molar-refractivity contribution in [1.82, 2.24) is 0 Å². The fourth-order valence-electron chi connectivity index (χ4n) is 1.12. The molecular weight excluding hydrogens is 216 g/mol. The maximum atomic E-state index is 10.9. The molecule has 0 aliphatic carbocycles. The summed E-state index contributed by atoms with van der Waals surface area (Å²) in [5.41, 5.74) is 0. The topological polar surface area (TPSA) is 57.3 Å². The van der Waals surface area contributed by atoms with Gasteiger partial charge in [0.2, 0.25) is 0 Å². The monoisotopic (exact) mass is 234 g/mol. The lowest BCUT2D eigenvalue weighted by Crippen LogP contribution is -2.18. The van der Waals surface area contributed by atoms with E-state index in [1.54, 1.807) is 0 Å². The van der Waals surface area contributed by atoms with E-state index in [4.69, 9.17) is 13.9 Å². The molecule has 15 heavy (non-hydrogen) atoms. The van der Waals surface area contributed by atoms with Crippen LogP contribution in [-0.4, -0.2) is 48.3 Å². The molecule has 0 aromatic heterocycles. The van der Waals surface area contributed by atoms with Crippen LogP contribution in [0.3, 0.4) is 0 Å². The van der Waals surface area contributed by atoms with Gasteiger partial charge in [-0.2, -0.15) is 0 Å². The highest BCUT2D eigenvalue weighted by Gasteiger charge is 2.22. The number of hydrogen-bond acceptors (Lipinski definition) is 5. The summed E-state index contributed by atoms with van der Waals surface area (Å²) in [5, 5.41) is 0. The highest BCUT2D eigenvalue weighted by atomic mass is 28.3. The van der Waals surface area contributed by atoms with Crippen LogP contribution in [0.25, 0.3) is 0 Å². The summed E-state index contributed by atoms with van der Waals surface area (Å²) in [7, 11) is -0.902. The Kier molecular flexibility index (Phi) is 5.81. The van der Waals surface area contributed by atoms with Crippen LogP contribution < -0.4 is 0 Å². The first-order valence-corrected chi connectivity index (χ1v) is 6.38. The molecule has 2 unspecified atom stereocenters. The van der Waals surface area contributed by atoms with E-state index in [1.165, 1.54) is 7.11 Å². The molecule has 0 radical (unpaired) electrons. The average molecular weight is 234 g/mol. The lowest BCUT2D eigenvalue weighted by molar-refractivity contribution is 0.0936. The normalized spacial score (nSPS) is 20.8. The predicted octanol–water partition coefficient (Wildman–Crippen LogP) is 0.649. The predicted molar refractivity (Wildman–Crippen MR) is 53.8 cm³/mol. The summed E-state index contributed by atoms with van der Waals surface area (Å²) in [4.78, 5) is 0. The number of rotatable bonds is 9. The van der Waals surface area contributed by atoms with Crippen molar-refractivity contribution in [2.75, 3.05) is 26.9 Å². The largest absolute Gasteiger partial charge is 0.767 e. The van der Waals surface area contributed by atoms with Gasteiger partial charge in [-0.3, -0.25) is 4.46 Å². The van der Waals surface area contributed by atoms with Crippen molar-refractivity contribution >= 4 is 9.17 Å². The van der Waals surface area contributed by atoms with E-state index in [1.807, 2.05) is 6.92 Å². The van der Waals surface area contributed by atoms with E-state index in [9.17, 15) is 4.46 Å². The second-order valence-corrected chi connectivity index (χ2v) is 4.70. The van der Waals surface area contributed by atoms with Crippen LogP contribution in [0.1, 0.15) is 19.8 Å². The molecular formula is C9H18O5Si. The van der Waals surface area contributed by atoms with Gasteiger partial charge in [-0.1, -0.05) is 0 Å².